The number of phosphoric acid groups is 2. The second-order valence-electron chi connectivity index (χ2n) is 5.58. The van der Waals surface area contributed by atoms with E-state index in [1.54, 1.807) is 0 Å². The van der Waals surface area contributed by atoms with Gasteiger partial charge in [-0.2, -0.15) is 0 Å². The molecule has 0 saturated heterocycles. The van der Waals surface area contributed by atoms with Crippen molar-refractivity contribution in [3.63, 3.8) is 0 Å². The van der Waals surface area contributed by atoms with Crippen LogP contribution in [0.5, 0.6) is 0 Å². The van der Waals surface area contributed by atoms with E-state index in [0.717, 1.165) is 69.0 Å². The quantitative estimate of drug-likeness (QED) is 0.0976. The minimum Gasteiger partial charge on any atom is -0.469 e. The number of carbonyl (C=O) groups is 4. The molecule has 0 aromatic carbocycles. The Morgan fingerprint density at radius 3 is 1.00 bits per heavy atom. The first-order valence-corrected chi connectivity index (χ1v) is 12.3. The van der Waals surface area contributed by atoms with Gasteiger partial charge in [0.15, 0.2) is 0 Å². The predicted octanol–water partition coefficient (Wildman–Crippen LogP) is 2.05. The SMILES string of the molecule is COC(=O)C=C(CC(=O)OC)OP(=O)(OC)OC.COC(=O)C=C(CC(=O)OC)OP(=O)(OC)OC. The Labute approximate surface area is 207 Å². The number of hydrogen-bond donors (Lipinski definition) is 0. The molecule has 0 bridgehead atoms. The van der Waals surface area contributed by atoms with Crippen LogP contribution in [0.15, 0.2) is 23.7 Å². The summed E-state index contributed by atoms with van der Waals surface area (Å²) in [7, 11) is 1.27. The highest BCUT2D eigenvalue weighted by molar-refractivity contribution is 7.48. The fraction of sp³-hybridized carbons (Fsp3) is 0.556. The number of phosphoric ester groups is 2. The van der Waals surface area contributed by atoms with Gasteiger partial charge in [0.1, 0.15) is 24.4 Å². The molecular weight excluding hydrogens is 534 g/mol. The molecule has 0 fully saturated rings. The first kappa shape index (κ1) is 35.4. The van der Waals surface area contributed by atoms with Gasteiger partial charge >= 0.3 is 39.5 Å². The first-order chi connectivity index (χ1) is 16.8. The van der Waals surface area contributed by atoms with Crippen LogP contribution in [0, 0.1) is 0 Å². The molecule has 36 heavy (non-hydrogen) atoms. The number of hydrogen-bond acceptors (Lipinski definition) is 16. The Morgan fingerprint density at radius 2 is 0.806 bits per heavy atom. The Balaban J connectivity index is 0. The van der Waals surface area contributed by atoms with Crippen molar-refractivity contribution in [3.8, 4) is 0 Å². The van der Waals surface area contributed by atoms with Crippen molar-refractivity contribution in [2.45, 2.75) is 12.8 Å². The lowest BCUT2D eigenvalue weighted by Crippen LogP contribution is -2.07. The first-order valence-electron chi connectivity index (χ1n) is 9.34. The van der Waals surface area contributed by atoms with E-state index < -0.39 is 52.4 Å². The van der Waals surface area contributed by atoms with E-state index in [-0.39, 0.29) is 11.5 Å². The van der Waals surface area contributed by atoms with Crippen molar-refractivity contribution in [1.82, 2.24) is 0 Å². The van der Waals surface area contributed by atoms with Crippen LogP contribution in [0.3, 0.4) is 0 Å². The van der Waals surface area contributed by atoms with Crippen LogP contribution < -0.4 is 0 Å². The molecule has 0 unspecified atom stereocenters. The lowest BCUT2D eigenvalue weighted by Gasteiger charge is -2.15. The summed E-state index contributed by atoms with van der Waals surface area (Å²) in [6.45, 7) is 0. The summed E-state index contributed by atoms with van der Waals surface area (Å²) < 4.78 is 68.6. The molecule has 0 aromatic heterocycles. The second kappa shape index (κ2) is 18.5. The van der Waals surface area contributed by atoms with Gasteiger partial charge in [-0.15, -0.1) is 0 Å². The van der Waals surface area contributed by atoms with E-state index in [1.165, 1.54) is 0 Å². The Morgan fingerprint density at radius 1 is 0.528 bits per heavy atom. The van der Waals surface area contributed by atoms with Gasteiger partial charge in [0.05, 0.1) is 40.6 Å². The van der Waals surface area contributed by atoms with E-state index in [9.17, 15) is 28.3 Å². The molecule has 0 N–H and O–H groups in total. The van der Waals surface area contributed by atoms with Crippen LogP contribution in [0.4, 0.5) is 0 Å². The molecule has 0 spiro atoms. The fourth-order valence-electron chi connectivity index (χ4n) is 1.61. The summed E-state index contributed by atoms with van der Waals surface area (Å²) in [5, 5.41) is 0. The zero-order chi connectivity index (χ0) is 28.4. The zero-order valence-electron chi connectivity index (χ0n) is 21.0. The van der Waals surface area contributed by atoms with Crippen LogP contribution in [0.25, 0.3) is 0 Å². The molecule has 0 rings (SSSR count). The Hall–Kier alpha value is -2.74. The molecule has 0 heterocycles. The predicted molar refractivity (Wildman–Crippen MR) is 119 cm³/mol. The lowest BCUT2D eigenvalue weighted by atomic mass is 10.3. The number of esters is 4. The Bertz CT molecular complexity index is 806. The van der Waals surface area contributed by atoms with E-state index in [1.807, 2.05) is 0 Å². The molecule has 18 heteroatoms. The fourth-order valence-corrected chi connectivity index (χ4v) is 3.02. The molecule has 0 saturated carbocycles. The molecule has 0 radical (unpaired) electrons. The third kappa shape index (κ3) is 15.3. The highest BCUT2D eigenvalue weighted by Crippen LogP contribution is 2.50. The van der Waals surface area contributed by atoms with Crippen molar-refractivity contribution in [3.05, 3.63) is 23.7 Å². The molecule has 0 aliphatic heterocycles. The maximum Gasteiger partial charge on any atom is 0.529 e. The van der Waals surface area contributed by atoms with Crippen molar-refractivity contribution < 1.29 is 74.4 Å². The van der Waals surface area contributed by atoms with E-state index in [2.05, 4.69) is 37.0 Å². The highest BCUT2D eigenvalue weighted by atomic mass is 31.2. The van der Waals surface area contributed by atoms with Gasteiger partial charge < -0.3 is 28.0 Å². The van der Waals surface area contributed by atoms with Gasteiger partial charge in [-0.05, 0) is 0 Å². The zero-order valence-corrected chi connectivity index (χ0v) is 22.8. The summed E-state index contributed by atoms with van der Waals surface area (Å²) >= 11 is 0. The van der Waals surface area contributed by atoms with Crippen LogP contribution >= 0.6 is 15.6 Å². The van der Waals surface area contributed by atoms with Gasteiger partial charge in [-0.1, -0.05) is 0 Å². The summed E-state index contributed by atoms with van der Waals surface area (Å²) in [5.41, 5.74) is 0. The van der Waals surface area contributed by atoms with E-state index in [4.69, 9.17) is 9.05 Å². The molecule has 0 aliphatic rings. The molecule has 0 amide bonds. The average molecular weight is 564 g/mol. The normalized spacial score (nSPS) is 11.9. The maximum atomic E-state index is 11.7. The van der Waals surface area contributed by atoms with Crippen LogP contribution in [-0.2, 0) is 74.4 Å². The smallest absolute Gasteiger partial charge is 0.469 e. The van der Waals surface area contributed by atoms with Crippen molar-refractivity contribution >= 4 is 39.5 Å². The molecular formula is C18H30O16P2. The maximum absolute atomic E-state index is 11.7. The monoisotopic (exact) mass is 564 g/mol. The number of methoxy groups -OCH3 is 4. The molecule has 0 aromatic rings. The van der Waals surface area contributed by atoms with Crippen LogP contribution in [0.1, 0.15) is 12.8 Å². The Kier molecular flexibility index (Phi) is 18.2. The van der Waals surface area contributed by atoms with Gasteiger partial charge in [0.25, 0.3) is 0 Å². The molecule has 0 aliphatic carbocycles. The second-order valence-corrected chi connectivity index (χ2v) is 9.20. The number of ether oxygens (including phenoxy) is 4. The summed E-state index contributed by atoms with van der Waals surface area (Å²) in [4.78, 5) is 44.3. The molecule has 0 atom stereocenters. The highest BCUT2D eigenvalue weighted by Gasteiger charge is 2.28. The van der Waals surface area contributed by atoms with E-state index in [0.29, 0.717) is 0 Å². The standard InChI is InChI=1S/2C9H15O8P/c2*1-13-8(10)5-7(6-9(11)14-2)17-18(12,15-3)16-4/h2*5H,6H2,1-4H3. The van der Waals surface area contributed by atoms with Gasteiger partial charge in [-0.25, -0.2) is 18.7 Å². The van der Waals surface area contributed by atoms with Gasteiger partial charge in [0.2, 0.25) is 0 Å². The van der Waals surface area contributed by atoms with Gasteiger partial charge in [-0.3, -0.25) is 27.7 Å². The lowest BCUT2D eigenvalue weighted by molar-refractivity contribution is -0.141. The van der Waals surface area contributed by atoms with Crippen LogP contribution in [0.2, 0.25) is 0 Å². The van der Waals surface area contributed by atoms with E-state index >= 15 is 0 Å². The van der Waals surface area contributed by atoms with Gasteiger partial charge in [0, 0.05) is 28.4 Å². The van der Waals surface area contributed by atoms with Crippen molar-refractivity contribution in [1.29, 1.82) is 0 Å². The molecule has 16 nitrogen and oxygen atoms in total. The third-order valence-electron chi connectivity index (χ3n) is 3.41. The average Bonchev–Trinajstić information content (AvgIpc) is 2.88. The minimum absolute atomic E-state index is 0.249. The largest absolute Gasteiger partial charge is 0.529 e. The third-order valence-corrected chi connectivity index (χ3v) is 6.11. The summed E-state index contributed by atoms with van der Waals surface area (Å²) in [6, 6.07) is 0. The number of rotatable bonds is 14. The topological polar surface area (TPSA) is 195 Å². The van der Waals surface area contributed by atoms with Crippen LogP contribution in [-0.4, -0.2) is 80.8 Å². The van der Waals surface area contributed by atoms with Crippen molar-refractivity contribution in [2.24, 2.45) is 0 Å². The molecule has 208 valence electrons. The summed E-state index contributed by atoms with van der Waals surface area (Å²) in [5.74, 6) is -3.45. The minimum atomic E-state index is -3.85. The summed E-state index contributed by atoms with van der Waals surface area (Å²) in [6.07, 6.45) is 0.869. The van der Waals surface area contributed by atoms with Crippen molar-refractivity contribution in [2.75, 3.05) is 56.9 Å². The number of carbonyl (C=O) groups excluding carboxylic acids is 4.